The van der Waals surface area contributed by atoms with E-state index in [1.165, 1.54) is 0 Å². The number of sulfonamides is 1. The predicted octanol–water partition coefficient (Wildman–Crippen LogP) is 4.67. The summed E-state index contributed by atoms with van der Waals surface area (Å²) in [7, 11) is -3.72. The maximum atomic E-state index is 13.2. The molecule has 194 valence electrons. The molecule has 1 atom stereocenters. The van der Waals surface area contributed by atoms with Crippen LogP contribution in [0.3, 0.4) is 0 Å². The Kier molecular flexibility index (Phi) is 7.68. The van der Waals surface area contributed by atoms with Crippen LogP contribution in [0.1, 0.15) is 39.2 Å². The highest BCUT2D eigenvalue weighted by molar-refractivity contribution is 7.89. The number of nitrogens with one attached hydrogen (secondary N) is 2. The van der Waals surface area contributed by atoms with Crippen LogP contribution in [0, 0.1) is 0 Å². The van der Waals surface area contributed by atoms with Gasteiger partial charge in [-0.15, -0.1) is 0 Å². The minimum Gasteiger partial charge on any atom is -0.389 e. The van der Waals surface area contributed by atoms with E-state index in [9.17, 15) is 13.2 Å². The van der Waals surface area contributed by atoms with Gasteiger partial charge in [0.05, 0.1) is 4.90 Å². The summed E-state index contributed by atoms with van der Waals surface area (Å²) in [5.41, 5.74) is 8.85. The number of hydrogen-bond donors (Lipinski definition) is 3. The van der Waals surface area contributed by atoms with Crippen molar-refractivity contribution in [2.45, 2.75) is 50.1 Å². The third-order valence-electron chi connectivity index (χ3n) is 6.10. The summed E-state index contributed by atoms with van der Waals surface area (Å²) in [5, 5.41) is 3.01. The Labute approximate surface area is 224 Å². The van der Waals surface area contributed by atoms with Gasteiger partial charge in [0.2, 0.25) is 15.9 Å². The van der Waals surface area contributed by atoms with E-state index in [4.69, 9.17) is 18.0 Å². The Balaban J connectivity index is 1.52. The second kappa shape index (κ2) is 10.6. The first-order valence-electron chi connectivity index (χ1n) is 12.2. The van der Waals surface area contributed by atoms with E-state index in [0.717, 1.165) is 36.2 Å². The molecule has 0 radical (unpaired) electrons. The Bertz CT molecular complexity index is 1410. The molecule has 3 aromatic carbocycles. The number of hydrogen-bond acceptors (Lipinski definition) is 5. The number of benzene rings is 3. The summed E-state index contributed by atoms with van der Waals surface area (Å²) in [6, 6.07) is 21.4. The van der Waals surface area contributed by atoms with Gasteiger partial charge in [0.15, 0.2) is 0 Å². The molecule has 0 bridgehead atoms. The number of carbonyl (C=O) groups is 1. The maximum absolute atomic E-state index is 13.2. The van der Waals surface area contributed by atoms with Gasteiger partial charge in [0, 0.05) is 34.6 Å². The Morgan fingerprint density at radius 2 is 1.73 bits per heavy atom. The van der Waals surface area contributed by atoms with E-state index < -0.39 is 15.6 Å². The van der Waals surface area contributed by atoms with Gasteiger partial charge in [-0.05, 0) is 69.5 Å². The molecule has 4 N–H and O–H groups in total. The van der Waals surface area contributed by atoms with Crippen LogP contribution in [0.25, 0.3) is 11.1 Å². The number of nitrogens with zero attached hydrogens (tertiary/aromatic N) is 1. The largest absolute Gasteiger partial charge is 0.389 e. The van der Waals surface area contributed by atoms with Crippen molar-refractivity contribution >= 4 is 44.5 Å². The first-order chi connectivity index (χ1) is 17.4. The summed E-state index contributed by atoms with van der Waals surface area (Å²) in [5.74, 6) is -0.0941. The van der Waals surface area contributed by atoms with Crippen LogP contribution in [-0.2, 0) is 14.8 Å². The monoisotopic (exact) mass is 536 g/mol. The lowest BCUT2D eigenvalue weighted by Gasteiger charge is -2.26. The molecule has 7 nitrogen and oxygen atoms in total. The van der Waals surface area contributed by atoms with Crippen LogP contribution in [0.15, 0.2) is 77.7 Å². The van der Waals surface area contributed by atoms with Crippen LogP contribution in [-0.4, -0.2) is 37.4 Å². The summed E-state index contributed by atoms with van der Waals surface area (Å²) in [6.07, 6.45) is 1.65. The van der Waals surface area contributed by atoms with Crippen LogP contribution < -0.4 is 20.7 Å². The van der Waals surface area contributed by atoms with Gasteiger partial charge in [-0.3, -0.25) is 4.79 Å². The average Bonchev–Trinajstić information content (AvgIpc) is 3.33. The van der Waals surface area contributed by atoms with Crippen LogP contribution in [0.2, 0.25) is 0 Å². The van der Waals surface area contributed by atoms with Crippen LogP contribution in [0.5, 0.6) is 0 Å². The molecule has 4 rings (SSSR count). The molecule has 1 saturated heterocycles. The zero-order chi connectivity index (χ0) is 26.8. The molecule has 0 saturated carbocycles. The van der Waals surface area contributed by atoms with Gasteiger partial charge < -0.3 is 16.0 Å². The van der Waals surface area contributed by atoms with E-state index >= 15 is 0 Å². The van der Waals surface area contributed by atoms with Crippen molar-refractivity contribution in [1.29, 1.82) is 0 Å². The number of nitrogens with two attached hydrogens (primary N) is 1. The highest BCUT2D eigenvalue weighted by Crippen LogP contribution is 2.30. The molecule has 1 aliphatic heterocycles. The minimum absolute atomic E-state index is 0.0941. The number of thiocarbonyl (C=S) groups is 1. The zero-order valence-electron chi connectivity index (χ0n) is 21.2. The molecule has 1 fully saturated rings. The highest BCUT2D eigenvalue weighted by Gasteiger charge is 2.31. The van der Waals surface area contributed by atoms with Gasteiger partial charge in [-0.25, -0.2) is 13.1 Å². The van der Waals surface area contributed by atoms with Crippen molar-refractivity contribution in [3.8, 4) is 11.1 Å². The minimum atomic E-state index is -3.72. The lowest BCUT2D eigenvalue weighted by atomic mass is 10.1. The van der Waals surface area contributed by atoms with Crippen LogP contribution >= 0.6 is 12.2 Å². The SMILES string of the molecule is CC(C)(C)NS(=O)(=O)c1ccccc1-c1ccc(NC(=O)[C@@H]2CCCN2c2cccc(C(N)=S)c2)cc1. The first-order valence-corrected chi connectivity index (χ1v) is 14.0. The molecule has 9 heteroatoms. The third-order valence-corrected chi connectivity index (χ3v) is 8.15. The molecule has 0 unspecified atom stereocenters. The summed E-state index contributed by atoms with van der Waals surface area (Å²) < 4.78 is 28.8. The van der Waals surface area contributed by atoms with E-state index in [-0.39, 0.29) is 16.8 Å². The second-order valence-corrected chi connectivity index (χ2v) is 12.3. The molecule has 0 aliphatic carbocycles. The fourth-order valence-electron chi connectivity index (χ4n) is 4.54. The van der Waals surface area contributed by atoms with E-state index in [2.05, 4.69) is 14.9 Å². The predicted molar refractivity (Wildman–Crippen MR) is 153 cm³/mol. The average molecular weight is 537 g/mol. The van der Waals surface area contributed by atoms with E-state index in [1.807, 2.05) is 42.5 Å². The summed E-state index contributed by atoms with van der Waals surface area (Å²) in [4.78, 5) is 15.8. The molecule has 1 heterocycles. The van der Waals surface area contributed by atoms with Crippen molar-refractivity contribution in [1.82, 2.24) is 4.72 Å². The first kappa shape index (κ1) is 26.8. The number of anilines is 2. The van der Waals surface area contributed by atoms with Gasteiger partial charge in [-0.2, -0.15) is 0 Å². The number of amides is 1. The standard InChI is InChI=1S/C28H32N4O3S2/c1-28(2,3)31-37(34,35)25-12-5-4-10-23(25)19-13-15-21(16-14-19)30-27(33)24-11-7-17-32(24)22-9-6-8-20(18-22)26(29)36/h4-6,8-10,12-16,18,24,31H,7,11,17H2,1-3H3,(H2,29,36)(H,30,33)/t24-/m0/s1. The third kappa shape index (κ3) is 6.36. The van der Waals surface area contributed by atoms with E-state index in [1.54, 1.807) is 51.1 Å². The topological polar surface area (TPSA) is 105 Å². The molecule has 1 aliphatic rings. The smallest absolute Gasteiger partial charge is 0.247 e. The van der Waals surface area contributed by atoms with Crippen molar-refractivity contribution in [2.75, 3.05) is 16.8 Å². The molecule has 0 aromatic heterocycles. The fourth-order valence-corrected chi connectivity index (χ4v) is 6.32. The molecule has 37 heavy (non-hydrogen) atoms. The molecule has 3 aromatic rings. The van der Waals surface area contributed by atoms with Crippen molar-refractivity contribution in [3.63, 3.8) is 0 Å². The van der Waals surface area contributed by atoms with Crippen molar-refractivity contribution in [3.05, 3.63) is 78.4 Å². The lowest BCUT2D eigenvalue weighted by molar-refractivity contribution is -0.117. The van der Waals surface area contributed by atoms with Gasteiger partial charge in [0.25, 0.3) is 0 Å². The molecular weight excluding hydrogens is 504 g/mol. The van der Waals surface area contributed by atoms with Crippen molar-refractivity contribution < 1.29 is 13.2 Å². The second-order valence-electron chi connectivity index (χ2n) is 10.2. The number of carbonyl (C=O) groups excluding carboxylic acids is 1. The van der Waals surface area contributed by atoms with Crippen LogP contribution in [0.4, 0.5) is 11.4 Å². The molecule has 0 spiro atoms. The Morgan fingerprint density at radius 3 is 2.41 bits per heavy atom. The maximum Gasteiger partial charge on any atom is 0.247 e. The highest BCUT2D eigenvalue weighted by atomic mass is 32.2. The van der Waals surface area contributed by atoms with Crippen molar-refractivity contribution in [2.24, 2.45) is 5.73 Å². The van der Waals surface area contributed by atoms with Gasteiger partial charge in [-0.1, -0.05) is 54.7 Å². The molecule has 1 amide bonds. The van der Waals surface area contributed by atoms with Gasteiger partial charge >= 0.3 is 0 Å². The Hall–Kier alpha value is -3.27. The zero-order valence-corrected chi connectivity index (χ0v) is 22.8. The Morgan fingerprint density at radius 1 is 1.03 bits per heavy atom. The summed E-state index contributed by atoms with van der Waals surface area (Å²) in [6.45, 7) is 6.19. The lowest BCUT2D eigenvalue weighted by Crippen LogP contribution is -2.40. The van der Waals surface area contributed by atoms with Gasteiger partial charge in [0.1, 0.15) is 11.0 Å². The fraction of sp³-hybridized carbons (Fsp3) is 0.286. The molecular formula is C28H32N4O3S2. The summed E-state index contributed by atoms with van der Waals surface area (Å²) >= 11 is 5.10. The quantitative estimate of drug-likeness (QED) is 0.379. The number of rotatable bonds is 7. The van der Waals surface area contributed by atoms with E-state index in [0.29, 0.717) is 16.2 Å². The normalized spacial score (nSPS) is 16.0.